The number of nitrogens with zero attached hydrogens (tertiary/aromatic N) is 6. The van der Waals surface area contributed by atoms with Crippen LogP contribution in [0.3, 0.4) is 0 Å². The van der Waals surface area contributed by atoms with Gasteiger partial charge in [0.25, 0.3) is 5.95 Å². The second-order valence-electron chi connectivity index (χ2n) is 11.2. The second-order valence-corrected chi connectivity index (χ2v) is 11.2. The molecule has 43 heavy (non-hydrogen) atoms. The fourth-order valence-corrected chi connectivity index (χ4v) is 5.79. The zero-order chi connectivity index (χ0) is 31.1. The number of alkyl halides is 6. The molecule has 1 aromatic heterocycles. The molecule has 0 N–H and O–H groups in total. The largest absolute Gasteiger partial charge is 0.446 e. The summed E-state index contributed by atoms with van der Waals surface area (Å²) < 4.78 is 87.9. The molecule has 3 aromatic rings. The molecule has 2 aromatic carbocycles. The molecule has 1 amide bonds. The summed E-state index contributed by atoms with van der Waals surface area (Å²) in [5.74, 6) is 0.0321. The molecule has 1 saturated carbocycles. The zero-order valence-corrected chi connectivity index (χ0v) is 24.0. The van der Waals surface area contributed by atoms with Crippen molar-refractivity contribution < 1.29 is 35.9 Å². The number of aryl methyl sites for hydroxylation is 3. The van der Waals surface area contributed by atoms with Crippen LogP contribution >= 0.6 is 0 Å². The minimum Gasteiger partial charge on any atom is -0.446 e. The Bertz CT molecular complexity index is 1450. The molecule has 0 saturated heterocycles. The predicted octanol–water partition coefficient (Wildman–Crippen LogP) is 7.29. The van der Waals surface area contributed by atoms with Crippen molar-refractivity contribution in [3.63, 3.8) is 0 Å². The first kappa shape index (κ1) is 30.6. The van der Waals surface area contributed by atoms with Crippen molar-refractivity contribution in [3.05, 3.63) is 63.7 Å². The highest BCUT2D eigenvalue weighted by molar-refractivity contribution is 5.89. The van der Waals surface area contributed by atoms with Crippen LogP contribution in [-0.2, 0) is 30.7 Å². The normalized spacial score (nSPS) is 18.0. The molecule has 14 heteroatoms. The summed E-state index contributed by atoms with van der Waals surface area (Å²) in [5, 5.41) is 12.2. The van der Waals surface area contributed by atoms with Crippen molar-refractivity contribution in [2.75, 3.05) is 16.3 Å². The van der Waals surface area contributed by atoms with Crippen molar-refractivity contribution in [3.8, 4) is 0 Å². The number of fused-ring (bicyclic) bond motifs is 1. The molecular formula is C29H32F6N6O2. The second kappa shape index (κ2) is 11.7. The van der Waals surface area contributed by atoms with Crippen LogP contribution in [0.1, 0.15) is 77.9 Å². The number of hydrogen-bond donors (Lipinski definition) is 0. The number of hydrogen-bond acceptors (Lipinski definition) is 6. The molecule has 5 rings (SSSR count). The van der Waals surface area contributed by atoms with Gasteiger partial charge in [-0.3, -0.25) is 4.90 Å². The summed E-state index contributed by atoms with van der Waals surface area (Å²) in [6.45, 7) is 3.74. The molecule has 8 nitrogen and oxygen atoms in total. The van der Waals surface area contributed by atoms with Gasteiger partial charge >= 0.3 is 18.4 Å². The lowest BCUT2D eigenvalue weighted by atomic mass is 9.95. The Kier molecular flexibility index (Phi) is 8.32. The minimum absolute atomic E-state index is 0.0321. The van der Waals surface area contributed by atoms with E-state index in [2.05, 4.69) is 15.4 Å². The number of tetrazole rings is 1. The SMILES string of the molecule is Cc1cc2c(cc1C)N(C(=O)OC1CCCC1)CCC[C@@H]2N(Cc1cc(C(F)(F)F)cc(C(F)(F)F)c1)c1nnn(C)n1. The third-order valence-electron chi connectivity index (χ3n) is 8.07. The average molecular weight is 611 g/mol. The highest BCUT2D eigenvalue weighted by Crippen LogP contribution is 2.42. The van der Waals surface area contributed by atoms with E-state index in [9.17, 15) is 31.1 Å². The minimum atomic E-state index is -4.99. The van der Waals surface area contributed by atoms with Gasteiger partial charge < -0.3 is 9.64 Å². The fourth-order valence-electron chi connectivity index (χ4n) is 5.79. The number of amides is 1. The van der Waals surface area contributed by atoms with E-state index in [4.69, 9.17) is 4.74 Å². The molecule has 2 heterocycles. The maximum atomic E-state index is 13.7. The van der Waals surface area contributed by atoms with Crippen molar-refractivity contribution >= 4 is 17.7 Å². The Morgan fingerprint density at radius 3 is 2.14 bits per heavy atom. The summed E-state index contributed by atoms with van der Waals surface area (Å²) in [6, 6.07) is 4.69. The number of rotatable bonds is 5. The third kappa shape index (κ3) is 6.72. The van der Waals surface area contributed by atoms with Crippen LogP contribution in [0.4, 0.5) is 42.8 Å². The van der Waals surface area contributed by atoms with Gasteiger partial charge in [0.15, 0.2) is 0 Å². The summed E-state index contributed by atoms with van der Waals surface area (Å²) in [4.78, 5) is 17.7. The van der Waals surface area contributed by atoms with E-state index >= 15 is 0 Å². The van der Waals surface area contributed by atoms with Gasteiger partial charge in [-0.2, -0.15) is 31.1 Å². The number of halogens is 6. The van der Waals surface area contributed by atoms with E-state index in [-0.39, 0.29) is 30.2 Å². The van der Waals surface area contributed by atoms with Crippen LogP contribution in [0.15, 0.2) is 30.3 Å². The Balaban J connectivity index is 1.60. The van der Waals surface area contributed by atoms with Crippen LogP contribution in [-0.4, -0.2) is 38.9 Å². The molecule has 232 valence electrons. The molecule has 0 unspecified atom stereocenters. The Morgan fingerprint density at radius 2 is 1.56 bits per heavy atom. The van der Waals surface area contributed by atoms with Crippen LogP contribution in [0.5, 0.6) is 0 Å². The van der Waals surface area contributed by atoms with E-state index < -0.39 is 35.6 Å². The summed E-state index contributed by atoms with van der Waals surface area (Å²) in [6.07, 6.45) is -6.17. The average Bonchev–Trinajstić information content (AvgIpc) is 3.56. The van der Waals surface area contributed by atoms with Gasteiger partial charge in [0.2, 0.25) is 0 Å². The summed E-state index contributed by atoms with van der Waals surface area (Å²) >= 11 is 0. The molecule has 2 aliphatic rings. The number of anilines is 2. The number of ether oxygens (including phenoxy) is 1. The molecule has 0 spiro atoms. The smallest absolute Gasteiger partial charge is 0.416 e. The monoisotopic (exact) mass is 610 g/mol. The topological polar surface area (TPSA) is 76.4 Å². The lowest BCUT2D eigenvalue weighted by molar-refractivity contribution is -0.143. The lowest BCUT2D eigenvalue weighted by Gasteiger charge is -2.32. The van der Waals surface area contributed by atoms with Crippen LogP contribution in [0.25, 0.3) is 0 Å². The van der Waals surface area contributed by atoms with Gasteiger partial charge in [-0.25, -0.2) is 4.79 Å². The van der Waals surface area contributed by atoms with Crippen molar-refractivity contribution in [2.45, 2.75) is 83.4 Å². The molecule has 1 atom stereocenters. The van der Waals surface area contributed by atoms with E-state index in [1.54, 1.807) is 9.80 Å². The quantitative estimate of drug-likeness (QED) is 0.283. The molecule has 0 radical (unpaired) electrons. The van der Waals surface area contributed by atoms with Gasteiger partial charge in [-0.15, -0.1) is 5.10 Å². The highest BCUT2D eigenvalue weighted by Gasteiger charge is 2.38. The molecular weight excluding hydrogens is 578 g/mol. The summed E-state index contributed by atoms with van der Waals surface area (Å²) in [7, 11) is 1.51. The first-order chi connectivity index (χ1) is 20.2. The van der Waals surface area contributed by atoms with Crippen LogP contribution in [0.2, 0.25) is 0 Å². The van der Waals surface area contributed by atoms with Crippen molar-refractivity contribution in [1.82, 2.24) is 20.2 Å². The van der Waals surface area contributed by atoms with Crippen molar-refractivity contribution in [1.29, 1.82) is 0 Å². The van der Waals surface area contributed by atoms with Gasteiger partial charge in [0.05, 0.1) is 29.9 Å². The maximum absolute atomic E-state index is 13.7. The highest BCUT2D eigenvalue weighted by atomic mass is 19.4. The fraction of sp³-hybridized carbons (Fsp3) is 0.517. The Morgan fingerprint density at radius 1 is 0.930 bits per heavy atom. The molecule has 0 bridgehead atoms. The zero-order valence-electron chi connectivity index (χ0n) is 24.0. The summed E-state index contributed by atoms with van der Waals surface area (Å²) in [5.41, 5.74) is 0.0229. The van der Waals surface area contributed by atoms with Crippen LogP contribution < -0.4 is 9.80 Å². The number of carbonyl (C=O) groups excluding carboxylic acids is 1. The van der Waals surface area contributed by atoms with Crippen LogP contribution in [0, 0.1) is 13.8 Å². The third-order valence-corrected chi connectivity index (χ3v) is 8.07. The molecule has 1 fully saturated rings. The van der Waals surface area contributed by atoms with E-state index in [1.807, 2.05) is 26.0 Å². The Labute approximate surface area is 244 Å². The standard InChI is InChI=1S/C29H32F6N6O2/c1-17-11-23-24(9-6-10-40(25(23)12-18(17)2)27(42)43-22-7-4-5-8-22)41(26-36-38-39(3)37-26)16-19-13-20(28(30,31)32)15-21(14-19)29(33,34)35/h11-15,22,24H,4-10,16H2,1-3H3/t24-/m0/s1. The van der Waals surface area contributed by atoms with Gasteiger partial charge in [0, 0.05) is 13.1 Å². The first-order valence-electron chi connectivity index (χ1n) is 14.1. The van der Waals surface area contributed by atoms with Gasteiger partial charge in [0.1, 0.15) is 6.10 Å². The predicted molar refractivity (Wildman–Crippen MR) is 145 cm³/mol. The number of aromatic nitrogens is 4. The number of carbonyl (C=O) groups is 1. The van der Waals surface area contributed by atoms with E-state index in [0.29, 0.717) is 42.8 Å². The molecule has 1 aliphatic heterocycles. The first-order valence-corrected chi connectivity index (χ1v) is 14.1. The lowest BCUT2D eigenvalue weighted by Crippen LogP contribution is -2.35. The van der Waals surface area contributed by atoms with E-state index in [0.717, 1.165) is 36.8 Å². The number of benzene rings is 2. The maximum Gasteiger partial charge on any atom is 0.416 e. The van der Waals surface area contributed by atoms with Gasteiger partial charge in [-0.1, -0.05) is 11.2 Å². The Hall–Kier alpha value is -3.84. The van der Waals surface area contributed by atoms with Crippen molar-refractivity contribution in [2.24, 2.45) is 7.05 Å². The van der Waals surface area contributed by atoms with Gasteiger partial charge in [-0.05, 0) is 104 Å². The van der Waals surface area contributed by atoms with E-state index in [1.165, 1.54) is 11.8 Å². The molecule has 1 aliphatic carbocycles.